The van der Waals surface area contributed by atoms with Crippen LogP contribution in [-0.2, 0) is 4.79 Å². The smallest absolute Gasteiger partial charge is 0.241 e. The molecule has 2 rings (SSSR count). The van der Waals surface area contributed by atoms with Crippen molar-refractivity contribution in [3.63, 3.8) is 0 Å². The van der Waals surface area contributed by atoms with Crippen LogP contribution in [0.15, 0.2) is 18.3 Å². The fourth-order valence-corrected chi connectivity index (χ4v) is 2.26. The Balaban J connectivity index is 2.06. The highest BCUT2D eigenvalue weighted by molar-refractivity contribution is 5.96. The number of ether oxygens (including phenoxy) is 1. The van der Waals surface area contributed by atoms with Gasteiger partial charge in [0.05, 0.1) is 13.2 Å². The molecule has 0 radical (unpaired) electrons. The van der Waals surface area contributed by atoms with E-state index in [1.165, 1.54) is 0 Å². The Hall–Kier alpha value is -1.62. The molecule has 0 spiro atoms. The Morgan fingerprint density at radius 1 is 1.61 bits per heavy atom. The van der Waals surface area contributed by atoms with Crippen LogP contribution in [0.2, 0.25) is 0 Å². The van der Waals surface area contributed by atoms with Crippen molar-refractivity contribution < 1.29 is 9.53 Å². The van der Waals surface area contributed by atoms with Gasteiger partial charge in [-0.25, -0.2) is 4.98 Å². The quantitative estimate of drug-likeness (QED) is 0.850. The van der Waals surface area contributed by atoms with E-state index in [9.17, 15) is 4.79 Å². The van der Waals surface area contributed by atoms with Crippen molar-refractivity contribution in [3.8, 4) is 5.88 Å². The summed E-state index contributed by atoms with van der Waals surface area (Å²) in [6.07, 6.45) is 3.84. The zero-order valence-corrected chi connectivity index (χ0v) is 10.8. The van der Waals surface area contributed by atoms with Gasteiger partial charge >= 0.3 is 0 Å². The number of hydrogen-bond acceptors (Lipinski definition) is 4. The fourth-order valence-electron chi connectivity index (χ4n) is 2.26. The number of nitrogens with zero attached hydrogens (tertiary/aromatic N) is 1. The van der Waals surface area contributed by atoms with Gasteiger partial charge in [-0.05, 0) is 37.4 Å². The van der Waals surface area contributed by atoms with Crippen molar-refractivity contribution in [2.75, 3.05) is 19.0 Å². The Kier molecular flexibility index (Phi) is 4.15. The van der Waals surface area contributed by atoms with E-state index in [0.717, 1.165) is 19.4 Å². The lowest BCUT2D eigenvalue weighted by molar-refractivity contribution is -0.119. The lowest BCUT2D eigenvalue weighted by Gasteiger charge is -2.29. The number of pyridine rings is 1. The first kappa shape index (κ1) is 12.8. The molecule has 1 saturated heterocycles. The summed E-state index contributed by atoms with van der Waals surface area (Å²) < 4.78 is 5.11. The molecule has 18 heavy (non-hydrogen) atoms. The molecule has 1 aliphatic heterocycles. The number of piperidine rings is 1. The Labute approximate surface area is 107 Å². The van der Waals surface area contributed by atoms with E-state index in [1.54, 1.807) is 25.4 Å². The molecular formula is C13H19N3O2. The van der Waals surface area contributed by atoms with E-state index in [1.807, 2.05) is 0 Å². The zero-order chi connectivity index (χ0) is 13.0. The maximum absolute atomic E-state index is 12.2. The average Bonchev–Trinajstić information content (AvgIpc) is 2.39. The van der Waals surface area contributed by atoms with Crippen LogP contribution in [0.3, 0.4) is 0 Å². The topological polar surface area (TPSA) is 63.2 Å². The lowest BCUT2D eigenvalue weighted by atomic mass is 9.92. The summed E-state index contributed by atoms with van der Waals surface area (Å²) in [5.41, 5.74) is 0.615. The minimum Gasteiger partial charge on any atom is -0.480 e. The molecule has 5 nitrogen and oxygen atoms in total. The molecule has 2 N–H and O–H groups in total. The van der Waals surface area contributed by atoms with E-state index in [0.29, 0.717) is 17.5 Å². The minimum atomic E-state index is -0.135. The number of carbonyl (C=O) groups is 1. The number of rotatable bonds is 3. The second kappa shape index (κ2) is 5.82. The Bertz CT molecular complexity index is 422. The van der Waals surface area contributed by atoms with Crippen LogP contribution >= 0.6 is 0 Å². The van der Waals surface area contributed by atoms with Crippen LogP contribution in [-0.4, -0.2) is 30.6 Å². The van der Waals surface area contributed by atoms with Crippen LogP contribution in [0.5, 0.6) is 5.88 Å². The Morgan fingerprint density at radius 2 is 2.44 bits per heavy atom. The molecule has 0 aliphatic carbocycles. The van der Waals surface area contributed by atoms with Crippen molar-refractivity contribution in [1.82, 2.24) is 10.3 Å². The summed E-state index contributed by atoms with van der Waals surface area (Å²) in [4.78, 5) is 16.2. The molecule has 0 bridgehead atoms. The standard InChI is InChI=1S/C13H19N3O2/c1-9-5-3-7-14-11(9)12(17)16-10-6-4-8-15-13(10)18-2/h4,6,8-9,11,14H,3,5,7H2,1-2H3,(H,16,17). The van der Waals surface area contributed by atoms with Crippen LogP contribution in [0.1, 0.15) is 19.8 Å². The van der Waals surface area contributed by atoms with E-state index < -0.39 is 0 Å². The third kappa shape index (κ3) is 2.79. The molecule has 5 heteroatoms. The molecule has 98 valence electrons. The maximum atomic E-state index is 12.2. The average molecular weight is 249 g/mol. The summed E-state index contributed by atoms with van der Waals surface area (Å²) in [7, 11) is 1.54. The van der Waals surface area contributed by atoms with Crippen LogP contribution < -0.4 is 15.4 Å². The number of anilines is 1. The number of nitrogens with one attached hydrogen (secondary N) is 2. The normalized spacial score (nSPS) is 23.4. The number of hydrogen-bond donors (Lipinski definition) is 2. The third-order valence-electron chi connectivity index (χ3n) is 3.27. The lowest BCUT2D eigenvalue weighted by Crippen LogP contribution is -2.48. The van der Waals surface area contributed by atoms with Gasteiger partial charge in [0.2, 0.25) is 11.8 Å². The molecule has 2 unspecified atom stereocenters. The molecular weight excluding hydrogens is 230 g/mol. The molecule has 1 fully saturated rings. The number of aromatic nitrogens is 1. The highest BCUT2D eigenvalue weighted by atomic mass is 16.5. The number of carbonyl (C=O) groups excluding carboxylic acids is 1. The number of amides is 1. The first-order valence-electron chi connectivity index (χ1n) is 6.25. The molecule has 1 aliphatic rings. The second-order valence-corrected chi connectivity index (χ2v) is 4.60. The monoisotopic (exact) mass is 249 g/mol. The molecule has 1 amide bonds. The van der Waals surface area contributed by atoms with Gasteiger partial charge < -0.3 is 15.4 Å². The van der Waals surface area contributed by atoms with Crippen LogP contribution in [0.25, 0.3) is 0 Å². The van der Waals surface area contributed by atoms with E-state index in [2.05, 4.69) is 22.5 Å². The highest BCUT2D eigenvalue weighted by Crippen LogP contribution is 2.22. The van der Waals surface area contributed by atoms with Gasteiger partial charge in [0.15, 0.2) is 0 Å². The maximum Gasteiger partial charge on any atom is 0.241 e. The first-order chi connectivity index (χ1) is 8.72. The molecule has 0 aromatic carbocycles. The molecule has 1 aromatic heterocycles. The van der Waals surface area contributed by atoms with Gasteiger partial charge in [-0.3, -0.25) is 4.79 Å². The van der Waals surface area contributed by atoms with Crippen LogP contribution in [0, 0.1) is 5.92 Å². The van der Waals surface area contributed by atoms with Gasteiger partial charge in [-0.2, -0.15) is 0 Å². The van der Waals surface area contributed by atoms with E-state index in [4.69, 9.17) is 4.74 Å². The van der Waals surface area contributed by atoms with Crippen molar-refractivity contribution >= 4 is 11.6 Å². The highest BCUT2D eigenvalue weighted by Gasteiger charge is 2.27. The fraction of sp³-hybridized carbons (Fsp3) is 0.538. The van der Waals surface area contributed by atoms with Crippen molar-refractivity contribution in [2.45, 2.75) is 25.8 Å². The predicted octanol–water partition coefficient (Wildman–Crippen LogP) is 1.42. The predicted molar refractivity (Wildman–Crippen MR) is 69.6 cm³/mol. The molecule has 0 saturated carbocycles. The minimum absolute atomic E-state index is 0.0199. The van der Waals surface area contributed by atoms with Crippen LogP contribution in [0.4, 0.5) is 5.69 Å². The summed E-state index contributed by atoms with van der Waals surface area (Å²) in [5.74, 6) is 0.768. The molecule has 2 atom stereocenters. The van der Waals surface area contributed by atoms with E-state index in [-0.39, 0.29) is 11.9 Å². The van der Waals surface area contributed by atoms with Crippen molar-refractivity contribution in [3.05, 3.63) is 18.3 Å². The van der Waals surface area contributed by atoms with E-state index >= 15 is 0 Å². The summed E-state index contributed by atoms with van der Waals surface area (Å²) >= 11 is 0. The zero-order valence-electron chi connectivity index (χ0n) is 10.8. The Morgan fingerprint density at radius 3 is 3.17 bits per heavy atom. The second-order valence-electron chi connectivity index (χ2n) is 4.60. The van der Waals surface area contributed by atoms with Gasteiger partial charge in [0, 0.05) is 6.20 Å². The molecule has 2 heterocycles. The SMILES string of the molecule is COc1ncccc1NC(=O)C1NCCCC1C. The van der Waals surface area contributed by atoms with Crippen molar-refractivity contribution in [2.24, 2.45) is 5.92 Å². The third-order valence-corrected chi connectivity index (χ3v) is 3.27. The van der Waals surface area contributed by atoms with Gasteiger partial charge in [0.1, 0.15) is 5.69 Å². The van der Waals surface area contributed by atoms with Gasteiger partial charge in [-0.15, -0.1) is 0 Å². The summed E-state index contributed by atoms with van der Waals surface area (Å²) in [6.45, 7) is 2.99. The summed E-state index contributed by atoms with van der Waals surface area (Å²) in [5, 5.41) is 6.13. The molecule has 1 aromatic rings. The summed E-state index contributed by atoms with van der Waals surface area (Å²) in [6, 6.07) is 3.43. The van der Waals surface area contributed by atoms with Gasteiger partial charge in [-0.1, -0.05) is 6.92 Å². The number of methoxy groups -OCH3 is 1. The van der Waals surface area contributed by atoms with Gasteiger partial charge in [0.25, 0.3) is 0 Å². The largest absolute Gasteiger partial charge is 0.480 e. The first-order valence-corrected chi connectivity index (χ1v) is 6.25. The van der Waals surface area contributed by atoms with Crippen molar-refractivity contribution in [1.29, 1.82) is 0 Å².